The lowest BCUT2D eigenvalue weighted by molar-refractivity contribution is 1.14. The minimum absolute atomic E-state index is 1.03. The van der Waals surface area contributed by atoms with E-state index in [9.17, 15) is 0 Å². The van der Waals surface area contributed by atoms with Crippen molar-refractivity contribution in [1.82, 2.24) is 0 Å². The zero-order valence-electron chi connectivity index (χ0n) is 17.2. The van der Waals surface area contributed by atoms with E-state index in [0.717, 1.165) is 19.3 Å². The molecule has 0 atom stereocenters. The van der Waals surface area contributed by atoms with Crippen LogP contribution in [0.25, 0.3) is 33.4 Å². The normalized spacial score (nSPS) is 11.9. The van der Waals surface area contributed by atoms with Crippen LogP contribution < -0.4 is 0 Å². The van der Waals surface area contributed by atoms with Gasteiger partial charge in [-0.1, -0.05) is 98.8 Å². The number of fused-ring (bicyclic) bond motifs is 3. The highest BCUT2D eigenvalue weighted by atomic mass is 14.3. The van der Waals surface area contributed by atoms with Crippen LogP contribution in [0.5, 0.6) is 0 Å². The van der Waals surface area contributed by atoms with E-state index in [-0.39, 0.29) is 0 Å². The van der Waals surface area contributed by atoms with Gasteiger partial charge in [-0.3, -0.25) is 0 Å². The second kappa shape index (κ2) is 7.37. The van der Waals surface area contributed by atoms with Crippen LogP contribution in [0, 0.1) is 0 Å². The lowest BCUT2D eigenvalue weighted by atomic mass is 9.87. The Balaban J connectivity index is 1.71. The van der Waals surface area contributed by atoms with Crippen molar-refractivity contribution in [2.24, 2.45) is 0 Å². The molecule has 29 heavy (non-hydrogen) atoms. The third-order valence-electron chi connectivity index (χ3n) is 6.32. The molecular weight excluding hydrogens is 348 g/mol. The largest absolute Gasteiger partial charge is 0.0619 e. The Labute approximate surface area is 173 Å². The zero-order valence-corrected chi connectivity index (χ0v) is 17.2. The fraction of sp³-hybridized carbons (Fsp3) is 0.172. The first-order valence-corrected chi connectivity index (χ1v) is 10.7. The van der Waals surface area contributed by atoms with Crippen molar-refractivity contribution in [3.05, 3.63) is 107 Å². The molecule has 0 radical (unpaired) electrons. The molecule has 1 aliphatic rings. The molecule has 0 nitrogen and oxygen atoms in total. The molecule has 0 aliphatic heterocycles. The monoisotopic (exact) mass is 374 g/mol. The predicted octanol–water partition coefficient (Wildman–Crippen LogP) is 7.72. The molecule has 1 aliphatic carbocycles. The highest BCUT2D eigenvalue weighted by Crippen LogP contribution is 2.45. The van der Waals surface area contributed by atoms with Crippen molar-refractivity contribution in [2.45, 2.75) is 33.1 Å². The third kappa shape index (κ3) is 3.00. The number of hydrogen-bond acceptors (Lipinski definition) is 0. The van der Waals surface area contributed by atoms with Gasteiger partial charge < -0.3 is 0 Å². The van der Waals surface area contributed by atoms with Crippen molar-refractivity contribution in [3.8, 4) is 33.4 Å². The van der Waals surface area contributed by atoms with Gasteiger partial charge in [-0.25, -0.2) is 0 Å². The Morgan fingerprint density at radius 2 is 1.28 bits per heavy atom. The molecule has 0 N–H and O–H groups in total. The summed E-state index contributed by atoms with van der Waals surface area (Å²) < 4.78 is 0. The van der Waals surface area contributed by atoms with E-state index in [1.165, 1.54) is 55.6 Å². The molecule has 4 aromatic carbocycles. The molecule has 0 bridgehead atoms. The van der Waals surface area contributed by atoms with Crippen LogP contribution in [-0.4, -0.2) is 0 Å². The Bertz CT molecular complexity index is 1180. The van der Waals surface area contributed by atoms with Crippen molar-refractivity contribution >= 4 is 0 Å². The van der Waals surface area contributed by atoms with E-state index in [2.05, 4.69) is 98.8 Å². The molecule has 0 spiro atoms. The summed E-state index contributed by atoms with van der Waals surface area (Å²) in [4.78, 5) is 0. The highest BCUT2D eigenvalue weighted by molar-refractivity contribution is 5.91. The van der Waals surface area contributed by atoms with E-state index in [1.54, 1.807) is 0 Å². The van der Waals surface area contributed by atoms with Gasteiger partial charge in [-0.05, 0) is 74.9 Å². The van der Waals surface area contributed by atoms with Crippen LogP contribution in [0.15, 0.2) is 84.9 Å². The molecule has 142 valence electrons. The molecule has 0 fully saturated rings. The molecule has 0 amide bonds. The van der Waals surface area contributed by atoms with E-state index < -0.39 is 0 Å². The summed E-state index contributed by atoms with van der Waals surface area (Å²) in [6.45, 7) is 4.47. The molecule has 0 saturated carbocycles. The Hall–Kier alpha value is -3.12. The molecule has 0 heterocycles. The summed E-state index contributed by atoms with van der Waals surface area (Å²) in [5.74, 6) is 0. The van der Waals surface area contributed by atoms with Gasteiger partial charge >= 0.3 is 0 Å². The Morgan fingerprint density at radius 1 is 0.586 bits per heavy atom. The van der Waals surface area contributed by atoms with Gasteiger partial charge in [-0.15, -0.1) is 0 Å². The maximum atomic E-state index is 2.35. The van der Waals surface area contributed by atoms with Gasteiger partial charge in [0.25, 0.3) is 0 Å². The minimum atomic E-state index is 1.03. The molecule has 0 unspecified atom stereocenters. The van der Waals surface area contributed by atoms with Crippen LogP contribution in [0.4, 0.5) is 0 Å². The van der Waals surface area contributed by atoms with Crippen molar-refractivity contribution in [1.29, 1.82) is 0 Å². The van der Waals surface area contributed by atoms with E-state index in [4.69, 9.17) is 0 Å². The average molecular weight is 375 g/mol. The Kier molecular flexibility index (Phi) is 4.56. The zero-order chi connectivity index (χ0) is 19.8. The highest BCUT2D eigenvalue weighted by Gasteiger charge is 2.24. The SMILES string of the molecule is CCc1ccc(-c2ccccc2-c2ccc(CC)c3c2Cc2ccccc2-3)cc1. The van der Waals surface area contributed by atoms with Gasteiger partial charge in [0.15, 0.2) is 0 Å². The maximum Gasteiger partial charge on any atom is -0.000718 e. The molecule has 0 saturated heterocycles. The van der Waals surface area contributed by atoms with Crippen molar-refractivity contribution in [3.63, 3.8) is 0 Å². The van der Waals surface area contributed by atoms with E-state index >= 15 is 0 Å². The standard InChI is InChI=1S/C29H26/c1-3-20-13-15-22(16-14-20)24-10-7-8-12-26(24)27-18-17-21(4-2)29-25-11-6-5-9-23(25)19-28(27)29/h5-18H,3-4,19H2,1-2H3. The summed E-state index contributed by atoms with van der Waals surface area (Å²) in [6, 6.07) is 31.5. The molecule has 5 rings (SSSR count). The number of hydrogen-bond donors (Lipinski definition) is 0. The number of benzene rings is 4. The van der Waals surface area contributed by atoms with Crippen molar-refractivity contribution < 1.29 is 0 Å². The first-order valence-electron chi connectivity index (χ1n) is 10.7. The quantitative estimate of drug-likeness (QED) is 0.302. The first kappa shape index (κ1) is 17.9. The predicted molar refractivity (Wildman–Crippen MR) is 124 cm³/mol. The lowest BCUT2D eigenvalue weighted by Crippen LogP contribution is -1.94. The first-order chi connectivity index (χ1) is 14.3. The number of rotatable bonds is 4. The van der Waals surface area contributed by atoms with Gasteiger partial charge in [-0.2, -0.15) is 0 Å². The van der Waals surface area contributed by atoms with E-state index in [1.807, 2.05) is 0 Å². The van der Waals surface area contributed by atoms with Crippen LogP contribution >= 0.6 is 0 Å². The smallest absolute Gasteiger partial charge is 0.000718 e. The summed E-state index contributed by atoms with van der Waals surface area (Å²) in [5.41, 5.74) is 14.0. The summed E-state index contributed by atoms with van der Waals surface area (Å²) in [7, 11) is 0. The number of aryl methyl sites for hydroxylation is 2. The molecular formula is C29H26. The van der Waals surface area contributed by atoms with Crippen LogP contribution in [0.3, 0.4) is 0 Å². The molecule has 0 heteroatoms. The maximum absolute atomic E-state index is 2.35. The van der Waals surface area contributed by atoms with Gasteiger partial charge in [0.2, 0.25) is 0 Å². The third-order valence-corrected chi connectivity index (χ3v) is 6.32. The summed E-state index contributed by atoms with van der Waals surface area (Å²) in [6.07, 6.45) is 3.17. The van der Waals surface area contributed by atoms with Gasteiger partial charge in [0, 0.05) is 0 Å². The topological polar surface area (TPSA) is 0 Å². The molecule has 0 aromatic heterocycles. The van der Waals surface area contributed by atoms with Gasteiger partial charge in [0.05, 0.1) is 0 Å². The van der Waals surface area contributed by atoms with Crippen molar-refractivity contribution in [2.75, 3.05) is 0 Å². The lowest BCUT2D eigenvalue weighted by Gasteiger charge is -2.16. The second-order valence-electron chi connectivity index (χ2n) is 7.91. The average Bonchev–Trinajstić information content (AvgIpc) is 3.18. The van der Waals surface area contributed by atoms with Crippen LogP contribution in [0.2, 0.25) is 0 Å². The Morgan fingerprint density at radius 3 is 2.00 bits per heavy atom. The fourth-order valence-electron chi connectivity index (χ4n) is 4.76. The molecule has 4 aromatic rings. The summed E-state index contributed by atoms with van der Waals surface area (Å²) in [5, 5.41) is 0. The van der Waals surface area contributed by atoms with Crippen LogP contribution in [0.1, 0.15) is 36.1 Å². The second-order valence-corrected chi connectivity index (χ2v) is 7.91. The fourth-order valence-corrected chi connectivity index (χ4v) is 4.76. The van der Waals surface area contributed by atoms with Crippen LogP contribution in [-0.2, 0) is 19.3 Å². The van der Waals surface area contributed by atoms with Gasteiger partial charge in [0.1, 0.15) is 0 Å². The summed E-state index contributed by atoms with van der Waals surface area (Å²) >= 11 is 0. The van der Waals surface area contributed by atoms with E-state index in [0.29, 0.717) is 0 Å². The minimum Gasteiger partial charge on any atom is -0.0619 e.